The Bertz CT molecular complexity index is 913. The van der Waals surface area contributed by atoms with Gasteiger partial charge < -0.3 is 9.88 Å². The van der Waals surface area contributed by atoms with Crippen LogP contribution >= 0.6 is 0 Å². The minimum absolute atomic E-state index is 0.480. The molecule has 3 aromatic rings. The van der Waals surface area contributed by atoms with Gasteiger partial charge in [0.1, 0.15) is 5.82 Å². The second kappa shape index (κ2) is 5.15. The molecule has 1 aliphatic carbocycles. The summed E-state index contributed by atoms with van der Waals surface area (Å²) in [6.07, 6.45) is 6.43. The minimum Gasteiger partial charge on any atom is -0.361 e. The lowest BCUT2D eigenvalue weighted by atomic mass is 9.72. The number of fused-ring (bicyclic) bond motifs is 2. The first kappa shape index (κ1) is 14.2. The van der Waals surface area contributed by atoms with E-state index in [0.29, 0.717) is 17.9 Å². The van der Waals surface area contributed by atoms with Gasteiger partial charge in [-0.1, -0.05) is 12.1 Å². The molecule has 1 N–H and O–H groups in total. The molecule has 1 aliphatic heterocycles. The molecular formula is C20H22N4. The number of aryl methyl sites for hydroxylation is 1. The molecule has 0 bridgehead atoms. The number of hydrogen-bond acceptors (Lipinski definition) is 3. The van der Waals surface area contributed by atoms with Crippen LogP contribution in [0.3, 0.4) is 0 Å². The summed E-state index contributed by atoms with van der Waals surface area (Å²) < 4.78 is 0. The smallest absolute Gasteiger partial charge is 0.125 e. The summed E-state index contributed by atoms with van der Waals surface area (Å²) in [6.45, 7) is 3.06. The normalized spacial score (nSPS) is 26.5. The fourth-order valence-corrected chi connectivity index (χ4v) is 4.86. The van der Waals surface area contributed by atoms with Crippen molar-refractivity contribution < 1.29 is 0 Å². The lowest BCUT2D eigenvalue weighted by Crippen LogP contribution is -2.47. The van der Waals surface area contributed by atoms with Crippen LogP contribution in [0.5, 0.6) is 0 Å². The van der Waals surface area contributed by atoms with E-state index in [4.69, 9.17) is 4.98 Å². The van der Waals surface area contributed by atoms with Crippen LogP contribution in [0.2, 0.25) is 0 Å². The van der Waals surface area contributed by atoms with E-state index in [1.54, 1.807) is 0 Å². The number of rotatable bonds is 1. The van der Waals surface area contributed by atoms with E-state index < -0.39 is 0 Å². The number of piperidine rings is 1. The first-order valence-corrected chi connectivity index (χ1v) is 8.79. The molecule has 0 amide bonds. The summed E-state index contributed by atoms with van der Waals surface area (Å²) in [5.41, 5.74) is 5.47. The third kappa shape index (κ3) is 2.02. The van der Waals surface area contributed by atoms with Crippen LogP contribution in [0.25, 0.3) is 10.9 Å². The average Bonchev–Trinajstić information content (AvgIpc) is 3.00. The first-order chi connectivity index (χ1) is 11.7. The Morgan fingerprint density at radius 3 is 3.04 bits per heavy atom. The molecule has 5 rings (SSSR count). The van der Waals surface area contributed by atoms with Crippen molar-refractivity contribution in [2.24, 2.45) is 0 Å². The number of nitrogens with one attached hydrogen (secondary N) is 1. The Balaban J connectivity index is 1.58. The number of hydrogen-bond donors (Lipinski definition) is 1. The minimum atomic E-state index is 0.480. The van der Waals surface area contributed by atoms with Gasteiger partial charge in [-0.05, 0) is 50.1 Å². The van der Waals surface area contributed by atoms with Crippen molar-refractivity contribution in [3.63, 3.8) is 0 Å². The molecule has 1 fully saturated rings. The van der Waals surface area contributed by atoms with E-state index >= 15 is 0 Å². The largest absolute Gasteiger partial charge is 0.361 e. The predicted octanol–water partition coefficient (Wildman–Crippen LogP) is 3.39. The quantitative estimate of drug-likeness (QED) is 0.748. The molecule has 3 atom stereocenters. The van der Waals surface area contributed by atoms with Gasteiger partial charge in [0.25, 0.3) is 0 Å². The van der Waals surface area contributed by atoms with Crippen LogP contribution in [-0.4, -0.2) is 39.5 Å². The summed E-state index contributed by atoms with van der Waals surface area (Å²) >= 11 is 0. The Kier molecular flexibility index (Phi) is 3.04. The summed E-state index contributed by atoms with van der Waals surface area (Å²) in [4.78, 5) is 15.0. The van der Waals surface area contributed by atoms with Gasteiger partial charge in [-0.2, -0.15) is 0 Å². The fraction of sp³-hybridized carbons (Fsp3) is 0.400. The zero-order valence-electron chi connectivity index (χ0n) is 14.2. The summed E-state index contributed by atoms with van der Waals surface area (Å²) in [6, 6.07) is 9.41. The molecular weight excluding hydrogens is 296 g/mol. The molecule has 0 saturated carbocycles. The number of H-pyrrole nitrogens is 1. The van der Waals surface area contributed by atoms with Crippen molar-refractivity contribution in [3.8, 4) is 0 Å². The Hall–Kier alpha value is -2.20. The van der Waals surface area contributed by atoms with E-state index in [1.165, 1.54) is 34.1 Å². The predicted molar refractivity (Wildman–Crippen MR) is 95.3 cm³/mol. The van der Waals surface area contributed by atoms with Gasteiger partial charge in [0.15, 0.2) is 0 Å². The average molecular weight is 318 g/mol. The van der Waals surface area contributed by atoms with Crippen molar-refractivity contribution in [3.05, 3.63) is 59.3 Å². The molecule has 1 aromatic carbocycles. The SMILES string of the molecule is Cc1nccc([C@@H]2C[C@@H]3c4cccc5[nH]cc(c45)C[C@H]3N(C)C2)n1. The molecule has 1 saturated heterocycles. The number of benzene rings is 1. The third-order valence-corrected chi connectivity index (χ3v) is 5.94. The lowest BCUT2D eigenvalue weighted by Gasteiger charge is -2.45. The van der Waals surface area contributed by atoms with Crippen LogP contribution in [0.1, 0.15) is 40.9 Å². The van der Waals surface area contributed by atoms with Crippen LogP contribution in [0.15, 0.2) is 36.7 Å². The number of aromatic nitrogens is 3. The summed E-state index contributed by atoms with van der Waals surface area (Å²) in [7, 11) is 2.27. The van der Waals surface area contributed by atoms with E-state index in [2.05, 4.69) is 52.4 Å². The van der Waals surface area contributed by atoms with Gasteiger partial charge in [0, 0.05) is 53.4 Å². The van der Waals surface area contributed by atoms with Crippen molar-refractivity contribution in [2.75, 3.05) is 13.6 Å². The van der Waals surface area contributed by atoms with Crippen molar-refractivity contribution in [2.45, 2.75) is 37.6 Å². The molecule has 0 unspecified atom stereocenters. The van der Waals surface area contributed by atoms with E-state index in [-0.39, 0.29) is 0 Å². The molecule has 0 spiro atoms. The van der Waals surface area contributed by atoms with E-state index in [9.17, 15) is 0 Å². The molecule has 122 valence electrons. The van der Waals surface area contributed by atoms with Crippen LogP contribution in [0, 0.1) is 6.92 Å². The maximum atomic E-state index is 4.71. The monoisotopic (exact) mass is 318 g/mol. The Morgan fingerprint density at radius 1 is 1.25 bits per heavy atom. The molecule has 3 heterocycles. The molecule has 2 aliphatic rings. The number of likely N-dealkylation sites (N-methyl/N-ethyl adjacent to an activating group) is 1. The van der Waals surface area contributed by atoms with Crippen LogP contribution in [0.4, 0.5) is 0 Å². The molecule has 2 aromatic heterocycles. The second-order valence-electron chi connectivity index (χ2n) is 7.36. The van der Waals surface area contributed by atoms with E-state index in [0.717, 1.165) is 18.8 Å². The highest BCUT2D eigenvalue weighted by Crippen LogP contribution is 2.46. The molecule has 4 heteroatoms. The number of aromatic amines is 1. The Labute approximate surface area is 141 Å². The highest BCUT2D eigenvalue weighted by atomic mass is 15.1. The van der Waals surface area contributed by atoms with E-state index in [1.807, 2.05) is 13.1 Å². The molecule has 24 heavy (non-hydrogen) atoms. The van der Waals surface area contributed by atoms with Crippen LogP contribution in [-0.2, 0) is 6.42 Å². The van der Waals surface area contributed by atoms with Crippen LogP contribution < -0.4 is 0 Å². The standard InChI is InChI=1S/C20H22N4/c1-12-21-7-6-17(23-12)14-8-16-15-4-3-5-18-20(15)13(10-22-18)9-19(16)24(2)11-14/h3-7,10,14,16,19,22H,8-9,11H2,1-2H3/t14-,16-,19-/m1/s1. The lowest BCUT2D eigenvalue weighted by molar-refractivity contribution is 0.138. The van der Waals surface area contributed by atoms with Gasteiger partial charge in [-0.15, -0.1) is 0 Å². The highest BCUT2D eigenvalue weighted by molar-refractivity contribution is 5.88. The van der Waals surface area contributed by atoms with Crippen molar-refractivity contribution in [1.29, 1.82) is 0 Å². The maximum Gasteiger partial charge on any atom is 0.125 e. The van der Waals surface area contributed by atoms with Gasteiger partial charge in [-0.25, -0.2) is 9.97 Å². The van der Waals surface area contributed by atoms with Gasteiger partial charge in [0.2, 0.25) is 0 Å². The Morgan fingerprint density at radius 2 is 2.17 bits per heavy atom. The second-order valence-corrected chi connectivity index (χ2v) is 7.36. The molecule has 0 radical (unpaired) electrons. The summed E-state index contributed by atoms with van der Waals surface area (Å²) in [5, 5.41) is 1.46. The first-order valence-electron chi connectivity index (χ1n) is 8.79. The van der Waals surface area contributed by atoms with Gasteiger partial charge in [0.05, 0.1) is 0 Å². The highest BCUT2D eigenvalue weighted by Gasteiger charge is 2.40. The number of nitrogens with zero attached hydrogens (tertiary/aromatic N) is 3. The molecule has 4 nitrogen and oxygen atoms in total. The zero-order chi connectivity index (χ0) is 16.3. The zero-order valence-corrected chi connectivity index (χ0v) is 14.2. The van der Waals surface area contributed by atoms with Crippen molar-refractivity contribution in [1.82, 2.24) is 19.9 Å². The van der Waals surface area contributed by atoms with Crippen molar-refractivity contribution >= 4 is 10.9 Å². The topological polar surface area (TPSA) is 44.8 Å². The summed E-state index contributed by atoms with van der Waals surface area (Å²) in [5.74, 6) is 1.93. The fourth-order valence-electron chi connectivity index (χ4n) is 4.86. The maximum absolute atomic E-state index is 4.71. The number of likely N-dealkylation sites (tertiary alicyclic amines) is 1. The third-order valence-electron chi connectivity index (χ3n) is 5.94. The van der Waals surface area contributed by atoms with Gasteiger partial charge >= 0.3 is 0 Å². The van der Waals surface area contributed by atoms with Gasteiger partial charge in [-0.3, -0.25) is 0 Å².